The maximum atomic E-state index is 10.3. The Morgan fingerprint density at radius 1 is 1.31 bits per heavy atom. The predicted molar refractivity (Wildman–Crippen MR) is 80.0 cm³/mol. The molecule has 0 bridgehead atoms. The summed E-state index contributed by atoms with van der Waals surface area (Å²) in [5.74, 6) is 0. The lowest BCUT2D eigenvalue weighted by atomic mass is 10.0. The van der Waals surface area contributed by atoms with Crippen LogP contribution >= 0.6 is 49.9 Å². The standard InChI is InChI=1S/C12H10BrIOS/c1-7-3-2-4-8(11(7)14)12(15)9-5-16-6-10(9)13/h2-6,12,15H,1H3. The van der Waals surface area contributed by atoms with Crippen LogP contribution in [-0.4, -0.2) is 5.11 Å². The number of halogens is 2. The highest BCUT2D eigenvalue weighted by atomic mass is 127. The lowest BCUT2D eigenvalue weighted by Crippen LogP contribution is -2.02. The van der Waals surface area contributed by atoms with Crippen molar-refractivity contribution >= 4 is 49.9 Å². The van der Waals surface area contributed by atoms with Gasteiger partial charge in [0.15, 0.2) is 0 Å². The highest BCUT2D eigenvalue weighted by molar-refractivity contribution is 14.1. The van der Waals surface area contributed by atoms with Crippen molar-refractivity contribution in [2.24, 2.45) is 0 Å². The van der Waals surface area contributed by atoms with Gasteiger partial charge in [-0.2, -0.15) is 11.3 Å². The average Bonchev–Trinajstić information content (AvgIpc) is 2.68. The lowest BCUT2D eigenvalue weighted by Gasteiger charge is -2.13. The number of aryl methyl sites for hydroxylation is 1. The molecule has 0 radical (unpaired) electrons. The molecule has 1 aromatic heterocycles. The van der Waals surface area contributed by atoms with Gasteiger partial charge in [-0.25, -0.2) is 0 Å². The molecule has 1 N–H and O–H groups in total. The number of rotatable bonds is 2. The van der Waals surface area contributed by atoms with Crippen LogP contribution in [0.1, 0.15) is 22.8 Å². The molecule has 0 saturated carbocycles. The molecule has 4 heteroatoms. The van der Waals surface area contributed by atoms with Gasteiger partial charge in [-0.15, -0.1) is 0 Å². The van der Waals surface area contributed by atoms with Gasteiger partial charge in [-0.3, -0.25) is 0 Å². The molecule has 1 unspecified atom stereocenters. The first kappa shape index (κ1) is 12.5. The summed E-state index contributed by atoms with van der Waals surface area (Å²) in [5, 5.41) is 14.3. The first-order valence-corrected chi connectivity index (χ1v) is 7.57. The van der Waals surface area contributed by atoms with Gasteiger partial charge in [0.25, 0.3) is 0 Å². The highest BCUT2D eigenvalue weighted by Gasteiger charge is 2.17. The third-order valence-electron chi connectivity index (χ3n) is 2.45. The molecule has 0 aliphatic rings. The molecular formula is C12H10BrIOS. The largest absolute Gasteiger partial charge is 0.384 e. The third-order valence-corrected chi connectivity index (χ3v) is 5.68. The Morgan fingerprint density at radius 2 is 2.06 bits per heavy atom. The van der Waals surface area contributed by atoms with Crippen LogP contribution in [0, 0.1) is 10.5 Å². The molecule has 16 heavy (non-hydrogen) atoms. The van der Waals surface area contributed by atoms with Crippen molar-refractivity contribution in [3.8, 4) is 0 Å². The zero-order valence-electron chi connectivity index (χ0n) is 8.58. The van der Waals surface area contributed by atoms with Crippen molar-refractivity contribution < 1.29 is 5.11 Å². The molecule has 1 atom stereocenters. The Balaban J connectivity index is 2.46. The van der Waals surface area contributed by atoms with Crippen LogP contribution in [-0.2, 0) is 0 Å². The molecule has 0 spiro atoms. The van der Waals surface area contributed by atoms with Crippen LogP contribution in [0.3, 0.4) is 0 Å². The highest BCUT2D eigenvalue weighted by Crippen LogP contribution is 2.34. The van der Waals surface area contributed by atoms with Gasteiger partial charge in [-0.1, -0.05) is 18.2 Å². The molecule has 1 heterocycles. The van der Waals surface area contributed by atoms with Crippen LogP contribution in [0.15, 0.2) is 33.4 Å². The van der Waals surface area contributed by atoms with E-state index in [9.17, 15) is 5.11 Å². The van der Waals surface area contributed by atoms with Gasteiger partial charge < -0.3 is 5.11 Å². The fraction of sp³-hybridized carbons (Fsp3) is 0.167. The minimum absolute atomic E-state index is 0.549. The number of hydrogen-bond donors (Lipinski definition) is 1. The molecule has 2 rings (SSSR count). The van der Waals surface area contributed by atoms with E-state index in [1.807, 2.05) is 22.9 Å². The van der Waals surface area contributed by atoms with E-state index in [-0.39, 0.29) is 0 Å². The van der Waals surface area contributed by atoms with E-state index in [4.69, 9.17) is 0 Å². The summed E-state index contributed by atoms with van der Waals surface area (Å²) in [4.78, 5) is 0. The summed E-state index contributed by atoms with van der Waals surface area (Å²) < 4.78 is 2.10. The Morgan fingerprint density at radius 3 is 2.69 bits per heavy atom. The summed E-state index contributed by atoms with van der Waals surface area (Å²) in [6.07, 6.45) is -0.549. The number of thiophene rings is 1. The zero-order chi connectivity index (χ0) is 11.7. The van der Waals surface area contributed by atoms with Gasteiger partial charge in [0.05, 0.1) is 0 Å². The summed E-state index contributed by atoms with van der Waals surface area (Å²) in [6.45, 7) is 2.06. The smallest absolute Gasteiger partial charge is 0.107 e. The maximum absolute atomic E-state index is 10.3. The lowest BCUT2D eigenvalue weighted by molar-refractivity contribution is 0.219. The molecule has 0 aliphatic heterocycles. The van der Waals surface area contributed by atoms with E-state index < -0.39 is 6.10 Å². The molecule has 2 aromatic rings. The van der Waals surface area contributed by atoms with Crippen LogP contribution in [0.4, 0.5) is 0 Å². The first-order chi connectivity index (χ1) is 7.61. The van der Waals surface area contributed by atoms with E-state index in [0.717, 1.165) is 19.2 Å². The van der Waals surface area contributed by atoms with E-state index in [1.165, 1.54) is 5.56 Å². The molecular weight excluding hydrogens is 399 g/mol. The van der Waals surface area contributed by atoms with Crippen molar-refractivity contribution in [3.63, 3.8) is 0 Å². The van der Waals surface area contributed by atoms with E-state index in [1.54, 1.807) is 11.3 Å². The minimum Gasteiger partial charge on any atom is -0.384 e. The normalized spacial score (nSPS) is 12.8. The summed E-state index contributed by atoms with van der Waals surface area (Å²) in [7, 11) is 0. The fourth-order valence-corrected chi connectivity index (χ4v) is 3.72. The van der Waals surface area contributed by atoms with Crippen molar-refractivity contribution in [2.45, 2.75) is 13.0 Å². The zero-order valence-corrected chi connectivity index (χ0v) is 13.1. The molecule has 0 aliphatic carbocycles. The maximum Gasteiger partial charge on any atom is 0.107 e. The number of aliphatic hydroxyl groups is 1. The molecule has 0 fully saturated rings. The van der Waals surface area contributed by atoms with Gasteiger partial charge in [-0.05, 0) is 62.0 Å². The fourth-order valence-electron chi connectivity index (χ4n) is 1.54. The van der Waals surface area contributed by atoms with Gasteiger partial charge in [0.2, 0.25) is 0 Å². The van der Waals surface area contributed by atoms with Gasteiger partial charge in [0, 0.05) is 19.0 Å². The Bertz CT molecular complexity index is 509. The number of aliphatic hydroxyl groups excluding tert-OH is 1. The van der Waals surface area contributed by atoms with Crippen molar-refractivity contribution in [1.82, 2.24) is 0 Å². The monoisotopic (exact) mass is 408 g/mol. The SMILES string of the molecule is Cc1cccc(C(O)c2cscc2Br)c1I. The second-order valence-electron chi connectivity index (χ2n) is 3.56. The van der Waals surface area contributed by atoms with Crippen molar-refractivity contribution in [3.05, 3.63) is 53.7 Å². The van der Waals surface area contributed by atoms with Gasteiger partial charge >= 0.3 is 0 Å². The number of benzene rings is 1. The van der Waals surface area contributed by atoms with Crippen molar-refractivity contribution in [2.75, 3.05) is 0 Å². The van der Waals surface area contributed by atoms with Crippen molar-refractivity contribution in [1.29, 1.82) is 0 Å². The van der Waals surface area contributed by atoms with Crippen LogP contribution in [0.2, 0.25) is 0 Å². The van der Waals surface area contributed by atoms with E-state index in [0.29, 0.717) is 0 Å². The van der Waals surface area contributed by atoms with Crippen LogP contribution in [0.25, 0.3) is 0 Å². The second-order valence-corrected chi connectivity index (χ2v) is 6.23. The molecule has 1 nitrogen and oxygen atoms in total. The summed E-state index contributed by atoms with van der Waals surface area (Å²) in [5.41, 5.74) is 3.11. The van der Waals surface area contributed by atoms with E-state index in [2.05, 4.69) is 51.5 Å². The molecule has 1 aromatic carbocycles. The van der Waals surface area contributed by atoms with Gasteiger partial charge in [0.1, 0.15) is 6.10 Å². The Hall–Kier alpha value is 0.0900. The van der Waals surface area contributed by atoms with Crippen LogP contribution in [0.5, 0.6) is 0 Å². The molecule has 0 amide bonds. The molecule has 0 saturated heterocycles. The second kappa shape index (κ2) is 5.16. The summed E-state index contributed by atoms with van der Waals surface area (Å²) >= 11 is 7.33. The predicted octanol–water partition coefficient (Wildman–Crippen LogP) is 4.51. The number of hydrogen-bond acceptors (Lipinski definition) is 2. The molecule has 84 valence electrons. The Labute approximate surface area is 121 Å². The minimum atomic E-state index is -0.549. The van der Waals surface area contributed by atoms with E-state index >= 15 is 0 Å². The quantitative estimate of drug-likeness (QED) is 0.725. The summed E-state index contributed by atoms with van der Waals surface area (Å²) in [6, 6.07) is 6.01. The average molecular weight is 409 g/mol. The first-order valence-electron chi connectivity index (χ1n) is 4.76. The van der Waals surface area contributed by atoms with Crippen LogP contribution < -0.4 is 0 Å². The Kier molecular flexibility index (Phi) is 4.05. The topological polar surface area (TPSA) is 20.2 Å². The third kappa shape index (κ3) is 2.34.